The summed E-state index contributed by atoms with van der Waals surface area (Å²) in [4.78, 5) is 64.6. The van der Waals surface area contributed by atoms with Crippen LogP contribution in [0.2, 0.25) is 0 Å². The van der Waals surface area contributed by atoms with E-state index in [1.54, 1.807) is 0 Å². The van der Waals surface area contributed by atoms with E-state index in [9.17, 15) is 29.1 Å². The van der Waals surface area contributed by atoms with Crippen molar-refractivity contribution in [3.05, 3.63) is 0 Å². The fraction of sp³-hybridized carbons (Fsp3) is 0.750. The molecule has 0 spiro atoms. The predicted molar refractivity (Wildman–Crippen MR) is 144 cm³/mol. The molecule has 4 amide bonds. The second-order valence-corrected chi connectivity index (χ2v) is 9.90. The zero-order valence-corrected chi connectivity index (χ0v) is 23.3. The van der Waals surface area contributed by atoms with Crippen molar-refractivity contribution < 1.29 is 39.8 Å². The standard InChI is InChI=1S/C24H47N9O6/c1-14(2)11-18(32-21(37)17(26)8-6-10-29-24(27)28)22(38)33-19(13-35)23(39)30-15(3)20(36)31-16(12-34)7-4-5-9-25/h12,14-19,35H,4-11,13,25-26H2,1-3H3,(H,30,39)(H,31,36)(H,32,37)(H,33,38)(H4,27,28,29)/p+2/t15-,16-,17-,18-,19-/m0/s1. The second kappa shape index (κ2) is 19.7. The van der Waals surface area contributed by atoms with Crippen molar-refractivity contribution in [3.8, 4) is 0 Å². The molecule has 15 nitrogen and oxygen atoms in total. The molecule has 15 heteroatoms. The minimum atomic E-state index is -1.38. The lowest BCUT2D eigenvalue weighted by Gasteiger charge is -2.25. The van der Waals surface area contributed by atoms with Crippen LogP contribution < -0.4 is 49.2 Å². The SMILES string of the molecule is CC(C)C[C@H](NC(=O)[C@@H](N)CCC[NH+]=C(N)N)C(=O)N[C@@H](CO)C(=O)N[C@@H](C)C(=O)N[C@H](C=O)CCCC[NH3+]. The number of aliphatic hydroxyl groups excluding tert-OH is 1. The number of guanidine groups is 1. The van der Waals surface area contributed by atoms with E-state index >= 15 is 0 Å². The molecule has 0 unspecified atom stereocenters. The summed E-state index contributed by atoms with van der Waals surface area (Å²) in [6, 6.07) is -5.01. The molecule has 0 rings (SSSR count). The topological polar surface area (TPSA) is 273 Å². The molecule has 224 valence electrons. The molecule has 0 aromatic rings. The minimum Gasteiger partial charge on any atom is -0.394 e. The van der Waals surface area contributed by atoms with E-state index in [1.807, 2.05) is 13.8 Å². The number of hydrogen-bond acceptors (Lipinski definition) is 7. The van der Waals surface area contributed by atoms with Gasteiger partial charge in [-0.05, 0) is 51.4 Å². The van der Waals surface area contributed by atoms with E-state index in [0.717, 1.165) is 13.0 Å². The summed E-state index contributed by atoms with van der Waals surface area (Å²) < 4.78 is 0. The number of rotatable bonds is 20. The highest BCUT2D eigenvalue weighted by molar-refractivity contribution is 5.95. The molecule has 15 N–H and O–H groups in total. The van der Waals surface area contributed by atoms with Gasteiger partial charge in [-0.3, -0.25) is 35.6 Å². The monoisotopic (exact) mass is 559 g/mol. The Kier molecular flexibility index (Phi) is 18.1. The molecule has 0 saturated carbocycles. The Labute approximate surface area is 229 Å². The van der Waals surface area contributed by atoms with Gasteiger partial charge in [0, 0.05) is 0 Å². The van der Waals surface area contributed by atoms with Crippen molar-refractivity contribution in [1.29, 1.82) is 0 Å². The molecular weight excluding hydrogens is 510 g/mol. The lowest BCUT2D eigenvalue weighted by atomic mass is 10.0. The molecule has 0 fully saturated rings. The maximum atomic E-state index is 13.0. The van der Waals surface area contributed by atoms with Gasteiger partial charge >= 0.3 is 5.96 Å². The first-order chi connectivity index (χ1) is 18.4. The van der Waals surface area contributed by atoms with Crippen molar-refractivity contribution in [2.24, 2.45) is 23.1 Å². The smallest absolute Gasteiger partial charge is 0.338 e. The Morgan fingerprint density at radius 3 is 2.03 bits per heavy atom. The number of carbonyl (C=O) groups is 5. The van der Waals surface area contributed by atoms with Crippen LogP contribution in [0.3, 0.4) is 0 Å². The van der Waals surface area contributed by atoms with Crippen LogP contribution in [0.15, 0.2) is 0 Å². The third kappa shape index (κ3) is 15.6. The highest BCUT2D eigenvalue weighted by Gasteiger charge is 2.29. The van der Waals surface area contributed by atoms with E-state index in [2.05, 4.69) is 32.0 Å². The van der Waals surface area contributed by atoms with Crippen molar-refractivity contribution in [1.82, 2.24) is 21.3 Å². The van der Waals surface area contributed by atoms with E-state index < -0.39 is 60.4 Å². The summed E-state index contributed by atoms with van der Waals surface area (Å²) >= 11 is 0. The highest BCUT2D eigenvalue weighted by atomic mass is 16.3. The molecule has 5 atom stereocenters. The largest absolute Gasteiger partial charge is 0.394 e. The number of carbonyl (C=O) groups excluding carboxylic acids is 5. The maximum Gasteiger partial charge on any atom is 0.338 e. The van der Waals surface area contributed by atoms with E-state index in [4.69, 9.17) is 17.2 Å². The number of nitrogens with two attached hydrogens (primary N) is 3. The van der Waals surface area contributed by atoms with E-state index in [1.165, 1.54) is 6.92 Å². The van der Waals surface area contributed by atoms with Gasteiger partial charge in [0.2, 0.25) is 23.6 Å². The van der Waals surface area contributed by atoms with Crippen LogP contribution >= 0.6 is 0 Å². The Balaban J connectivity index is 5.09. The highest BCUT2D eigenvalue weighted by Crippen LogP contribution is 2.07. The van der Waals surface area contributed by atoms with Crippen LogP contribution in [0.4, 0.5) is 0 Å². The summed E-state index contributed by atoms with van der Waals surface area (Å²) in [7, 11) is 0. The Bertz CT molecular complexity index is 820. The van der Waals surface area contributed by atoms with Crippen LogP contribution in [0, 0.1) is 5.92 Å². The number of amides is 4. The van der Waals surface area contributed by atoms with Crippen molar-refractivity contribution >= 4 is 35.9 Å². The fourth-order valence-electron chi connectivity index (χ4n) is 3.54. The number of hydrogen-bond donors (Lipinski definition) is 10. The molecule has 0 aromatic carbocycles. The van der Waals surface area contributed by atoms with Gasteiger partial charge in [0.1, 0.15) is 24.4 Å². The van der Waals surface area contributed by atoms with Crippen molar-refractivity contribution in [2.75, 3.05) is 19.7 Å². The Hall–Kier alpha value is -3.30. The van der Waals surface area contributed by atoms with Gasteiger partial charge in [0.05, 0.1) is 31.8 Å². The maximum absolute atomic E-state index is 13.0. The third-order valence-corrected chi connectivity index (χ3v) is 5.77. The normalized spacial score (nSPS) is 14.7. The summed E-state index contributed by atoms with van der Waals surface area (Å²) in [6.45, 7) is 5.53. The lowest BCUT2D eigenvalue weighted by molar-refractivity contribution is -0.459. The van der Waals surface area contributed by atoms with Gasteiger partial charge in [0.15, 0.2) is 0 Å². The van der Waals surface area contributed by atoms with Crippen molar-refractivity contribution in [2.45, 2.75) is 89.5 Å². The predicted octanol–water partition coefficient (Wildman–Crippen LogP) is -5.94. The average Bonchev–Trinajstić information content (AvgIpc) is 2.87. The first-order valence-electron chi connectivity index (χ1n) is 13.3. The molecule has 0 saturated heterocycles. The third-order valence-electron chi connectivity index (χ3n) is 5.77. The van der Waals surface area contributed by atoms with Gasteiger partial charge in [-0.2, -0.15) is 0 Å². The van der Waals surface area contributed by atoms with E-state index in [-0.39, 0.29) is 18.3 Å². The molecule has 0 aliphatic carbocycles. The van der Waals surface area contributed by atoms with Crippen LogP contribution in [-0.2, 0) is 24.0 Å². The molecule has 39 heavy (non-hydrogen) atoms. The van der Waals surface area contributed by atoms with Crippen LogP contribution in [0.1, 0.15) is 59.3 Å². The summed E-state index contributed by atoms with van der Waals surface area (Å²) in [5.74, 6) is -2.55. The minimum absolute atomic E-state index is 0.00835. The number of aliphatic hydroxyl groups is 1. The number of nitrogens with one attached hydrogen (secondary N) is 5. The Morgan fingerprint density at radius 2 is 1.49 bits per heavy atom. The van der Waals surface area contributed by atoms with Gasteiger partial charge in [-0.25, -0.2) is 0 Å². The summed E-state index contributed by atoms with van der Waals surface area (Å²) in [6.07, 6.45) is 3.68. The molecular formula is C24H49N9O6+2. The van der Waals surface area contributed by atoms with Crippen molar-refractivity contribution in [3.63, 3.8) is 0 Å². The molecule has 0 bridgehead atoms. The number of quaternary nitrogens is 1. The molecule has 0 aromatic heterocycles. The van der Waals surface area contributed by atoms with Crippen LogP contribution in [0.5, 0.6) is 0 Å². The van der Waals surface area contributed by atoms with Crippen LogP contribution in [-0.4, -0.2) is 90.9 Å². The fourth-order valence-corrected chi connectivity index (χ4v) is 3.54. The molecule has 0 radical (unpaired) electrons. The number of aldehydes is 1. The lowest BCUT2D eigenvalue weighted by Crippen LogP contribution is -2.78. The van der Waals surface area contributed by atoms with Crippen LogP contribution in [0.25, 0.3) is 0 Å². The molecule has 0 aliphatic heterocycles. The Morgan fingerprint density at radius 1 is 0.872 bits per heavy atom. The first kappa shape index (κ1) is 35.7. The molecule has 0 aliphatic rings. The van der Waals surface area contributed by atoms with Gasteiger partial charge < -0.3 is 42.6 Å². The van der Waals surface area contributed by atoms with Gasteiger partial charge in [-0.15, -0.1) is 0 Å². The summed E-state index contributed by atoms with van der Waals surface area (Å²) in [5.41, 5.74) is 20.3. The van der Waals surface area contributed by atoms with E-state index in [0.29, 0.717) is 38.5 Å². The van der Waals surface area contributed by atoms with Gasteiger partial charge in [0.25, 0.3) is 0 Å². The van der Waals surface area contributed by atoms with Gasteiger partial charge in [-0.1, -0.05) is 13.8 Å². The first-order valence-corrected chi connectivity index (χ1v) is 13.3. The second-order valence-electron chi connectivity index (χ2n) is 9.90. The zero-order chi connectivity index (χ0) is 30.0. The molecule has 0 heterocycles. The quantitative estimate of drug-likeness (QED) is 0.0294. The summed E-state index contributed by atoms with van der Waals surface area (Å²) in [5, 5.41) is 19.7. The average molecular weight is 560 g/mol. The zero-order valence-electron chi connectivity index (χ0n) is 23.3. The number of unbranched alkanes of at least 4 members (excludes halogenated alkanes) is 1.